The van der Waals surface area contributed by atoms with E-state index < -0.39 is 0 Å². The van der Waals surface area contributed by atoms with Crippen molar-refractivity contribution in [1.82, 2.24) is 4.98 Å². The summed E-state index contributed by atoms with van der Waals surface area (Å²) >= 11 is 1.83. The summed E-state index contributed by atoms with van der Waals surface area (Å²) in [6.45, 7) is 8.35. The monoisotopic (exact) mass is 353 g/mol. The average Bonchev–Trinajstić information content (AvgIpc) is 3.12. The van der Waals surface area contributed by atoms with Gasteiger partial charge in [0.05, 0.1) is 17.3 Å². The van der Waals surface area contributed by atoms with E-state index in [1.807, 2.05) is 23.5 Å². The Morgan fingerprint density at radius 1 is 0.880 bits per heavy atom. The molecule has 4 nitrogen and oxygen atoms in total. The maximum atomic E-state index is 5.25. The number of benzene rings is 2. The molecule has 0 atom stereocenters. The fourth-order valence-corrected chi connectivity index (χ4v) is 4.50. The van der Waals surface area contributed by atoms with Gasteiger partial charge in [-0.25, -0.2) is 4.98 Å². The predicted octanol–water partition coefficient (Wildman–Crippen LogP) is 4.25. The van der Waals surface area contributed by atoms with E-state index >= 15 is 0 Å². The molecule has 4 rings (SSSR count). The lowest BCUT2D eigenvalue weighted by Crippen LogP contribution is -2.46. The summed E-state index contributed by atoms with van der Waals surface area (Å²) < 4.78 is 6.57. The third kappa shape index (κ3) is 3.04. The van der Waals surface area contributed by atoms with Crippen LogP contribution < -0.4 is 14.5 Å². The minimum atomic E-state index is 0.905. The van der Waals surface area contributed by atoms with Gasteiger partial charge in [-0.3, -0.25) is 0 Å². The number of rotatable bonds is 3. The Bertz CT molecular complexity index is 841. The fourth-order valence-electron chi connectivity index (χ4n) is 3.33. The van der Waals surface area contributed by atoms with Gasteiger partial charge in [-0.05, 0) is 49.2 Å². The molecule has 1 aliphatic rings. The first-order valence-corrected chi connectivity index (χ1v) is 9.48. The molecule has 1 aliphatic heterocycles. The summed E-state index contributed by atoms with van der Waals surface area (Å²) in [6.07, 6.45) is 0. The quantitative estimate of drug-likeness (QED) is 0.704. The van der Waals surface area contributed by atoms with Crippen LogP contribution >= 0.6 is 11.3 Å². The van der Waals surface area contributed by atoms with Crippen LogP contribution in [0.1, 0.15) is 11.1 Å². The summed E-state index contributed by atoms with van der Waals surface area (Å²) in [6, 6.07) is 12.7. The molecule has 130 valence electrons. The van der Waals surface area contributed by atoms with E-state index in [0.717, 1.165) is 42.6 Å². The summed E-state index contributed by atoms with van der Waals surface area (Å²) in [5, 5.41) is 1.15. The Morgan fingerprint density at radius 2 is 1.52 bits per heavy atom. The van der Waals surface area contributed by atoms with E-state index in [2.05, 4.69) is 47.9 Å². The average molecular weight is 353 g/mol. The van der Waals surface area contributed by atoms with Crippen LogP contribution in [0.3, 0.4) is 0 Å². The van der Waals surface area contributed by atoms with Gasteiger partial charge in [-0.2, -0.15) is 0 Å². The number of methoxy groups -OCH3 is 1. The number of hydrogen-bond acceptors (Lipinski definition) is 5. The number of fused-ring (bicyclic) bond motifs is 1. The molecule has 25 heavy (non-hydrogen) atoms. The Labute approximate surface area is 152 Å². The second-order valence-electron chi connectivity index (χ2n) is 6.55. The Kier molecular flexibility index (Phi) is 4.25. The summed E-state index contributed by atoms with van der Waals surface area (Å²) in [4.78, 5) is 9.78. The predicted molar refractivity (Wildman–Crippen MR) is 107 cm³/mol. The third-order valence-electron chi connectivity index (χ3n) is 4.92. The lowest BCUT2D eigenvalue weighted by molar-refractivity contribution is 0.415. The largest absolute Gasteiger partial charge is 0.497 e. The van der Waals surface area contributed by atoms with Gasteiger partial charge in [0.1, 0.15) is 5.75 Å². The molecule has 0 bridgehead atoms. The van der Waals surface area contributed by atoms with Gasteiger partial charge in [-0.15, -0.1) is 0 Å². The van der Waals surface area contributed by atoms with Crippen molar-refractivity contribution in [2.24, 2.45) is 0 Å². The summed E-state index contributed by atoms with van der Waals surface area (Å²) in [5.74, 6) is 0.905. The molecule has 0 saturated carbocycles. The Hall–Kier alpha value is -2.27. The molecule has 2 aromatic carbocycles. The highest BCUT2D eigenvalue weighted by Crippen LogP contribution is 2.33. The van der Waals surface area contributed by atoms with Gasteiger partial charge >= 0.3 is 0 Å². The van der Waals surface area contributed by atoms with Crippen LogP contribution in [-0.2, 0) is 0 Å². The molecule has 1 aromatic heterocycles. The van der Waals surface area contributed by atoms with Gasteiger partial charge in [0, 0.05) is 31.9 Å². The van der Waals surface area contributed by atoms with E-state index in [4.69, 9.17) is 9.72 Å². The number of aryl methyl sites for hydroxylation is 2. The van der Waals surface area contributed by atoms with Crippen molar-refractivity contribution in [2.75, 3.05) is 43.1 Å². The zero-order valence-corrected chi connectivity index (χ0v) is 15.8. The van der Waals surface area contributed by atoms with E-state index in [9.17, 15) is 0 Å². The van der Waals surface area contributed by atoms with Gasteiger partial charge < -0.3 is 14.5 Å². The highest BCUT2D eigenvalue weighted by atomic mass is 32.1. The SMILES string of the molecule is COc1ccc(N2CCN(c3nc4c(C)ccc(C)c4s3)CC2)cc1. The first-order valence-electron chi connectivity index (χ1n) is 8.66. The maximum absolute atomic E-state index is 5.25. The molecule has 0 aliphatic carbocycles. The highest BCUT2D eigenvalue weighted by Gasteiger charge is 2.21. The first-order chi connectivity index (χ1) is 12.2. The van der Waals surface area contributed by atoms with E-state index in [1.54, 1.807) is 7.11 Å². The molecule has 3 aromatic rings. The molecular weight excluding hydrogens is 330 g/mol. The number of aromatic nitrogens is 1. The van der Waals surface area contributed by atoms with Crippen LogP contribution in [0.4, 0.5) is 10.8 Å². The van der Waals surface area contributed by atoms with Crippen molar-refractivity contribution in [1.29, 1.82) is 0 Å². The molecule has 0 amide bonds. The topological polar surface area (TPSA) is 28.6 Å². The molecule has 1 fully saturated rings. The van der Waals surface area contributed by atoms with Crippen LogP contribution in [-0.4, -0.2) is 38.3 Å². The lowest BCUT2D eigenvalue weighted by atomic mass is 10.1. The van der Waals surface area contributed by atoms with E-state index in [0.29, 0.717) is 0 Å². The minimum absolute atomic E-state index is 0.905. The zero-order valence-electron chi connectivity index (χ0n) is 15.0. The highest BCUT2D eigenvalue weighted by molar-refractivity contribution is 7.22. The van der Waals surface area contributed by atoms with Crippen LogP contribution in [0.2, 0.25) is 0 Å². The van der Waals surface area contributed by atoms with Crippen LogP contribution in [0.25, 0.3) is 10.2 Å². The van der Waals surface area contributed by atoms with Gasteiger partial charge in [-0.1, -0.05) is 23.5 Å². The number of ether oxygens (including phenoxy) is 1. The van der Waals surface area contributed by atoms with Crippen LogP contribution in [0, 0.1) is 13.8 Å². The van der Waals surface area contributed by atoms with Crippen molar-refractivity contribution in [2.45, 2.75) is 13.8 Å². The molecule has 0 spiro atoms. The molecule has 2 heterocycles. The smallest absolute Gasteiger partial charge is 0.186 e. The second kappa shape index (κ2) is 6.56. The number of thiazole rings is 1. The standard InChI is InChI=1S/C20H23N3OS/c1-14-4-5-15(2)19-18(14)21-20(25-19)23-12-10-22(11-13-23)16-6-8-17(24-3)9-7-16/h4-9H,10-13H2,1-3H3. The maximum Gasteiger partial charge on any atom is 0.186 e. The molecule has 0 radical (unpaired) electrons. The second-order valence-corrected chi connectivity index (χ2v) is 7.52. The van der Waals surface area contributed by atoms with Crippen LogP contribution in [0.15, 0.2) is 36.4 Å². The molecule has 5 heteroatoms. The van der Waals surface area contributed by atoms with Crippen molar-refractivity contribution < 1.29 is 4.74 Å². The van der Waals surface area contributed by atoms with E-state index in [-0.39, 0.29) is 0 Å². The van der Waals surface area contributed by atoms with E-state index in [1.165, 1.54) is 21.5 Å². The minimum Gasteiger partial charge on any atom is -0.497 e. The Balaban J connectivity index is 1.50. The molecule has 0 N–H and O–H groups in total. The fraction of sp³-hybridized carbons (Fsp3) is 0.350. The molecule has 0 unspecified atom stereocenters. The zero-order chi connectivity index (χ0) is 17.4. The third-order valence-corrected chi connectivity index (χ3v) is 6.17. The lowest BCUT2D eigenvalue weighted by Gasteiger charge is -2.36. The summed E-state index contributed by atoms with van der Waals surface area (Å²) in [7, 11) is 1.70. The Morgan fingerprint density at radius 3 is 2.16 bits per heavy atom. The summed E-state index contributed by atoms with van der Waals surface area (Å²) in [5.41, 5.74) is 5.01. The molecule has 1 saturated heterocycles. The van der Waals surface area contributed by atoms with Gasteiger partial charge in [0.2, 0.25) is 0 Å². The van der Waals surface area contributed by atoms with Crippen LogP contribution in [0.5, 0.6) is 5.75 Å². The first kappa shape index (κ1) is 16.2. The van der Waals surface area contributed by atoms with Gasteiger partial charge in [0.15, 0.2) is 5.13 Å². The van der Waals surface area contributed by atoms with Crippen molar-refractivity contribution in [3.8, 4) is 5.75 Å². The van der Waals surface area contributed by atoms with Crippen molar-refractivity contribution in [3.05, 3.63) is 47.5 Å². The normalized spacial score (nSPS) is 15.0. The molecular formula is C20H23N3OS. The van der Waals surface area contributed by atoms with Crippen molar-refractivity contribution >= 4 is 32.4 Å². The van der Waals surface area contributed by atoms with Gasteiger partial charge in [0.25, 0.3) is 0 Å². The number of nitrogens with zero attached hydrogens (tertiary/aromatic N) is 3. The number of piperazine rings is 1. The van der Waals surface area contributed by atoms with Crippen molar-refractivity contribution in [3.63, 3.8) is 0 Å². The number of hydrogen-bond donors (Lipinski definition) is 0. The number of anilines is 2.